The van der Waals surface area contributed by atoms with E-state index in [0.29, 0.717) is 11.1 Å². The van der Waals surface area contributed by atoms with Crippen molar-refractivity contribution in [2.45, 2.75) is 11.8 Å². The quantitative estimate of drug-likeness (QED) is 0.533. The van der Waals surface area contributed by atoms with Crippen molar-refractivity contribution in [2.24, 2.45) is 0 Å². The molecule has 0 spiro atoms. The van der Waals surface area contributed by atoms with E-state index in [4.69, 9.17) is 4.28 Å². The summed E-state index contributed by atoms with van der Waals surface area (Å²) in [6.07, 6.45) is 0. The van der Waals surface area contributed by atoms with Crippen LogP contribution in [0.5, 0.6) is 0 Å². The molecule has 4 aromatic rings. The minimum absolute atomic E-state index is 0.0443. The molecule has 0 fully saturated rings. The van der Waals surface area contributed by atoms with Gasteiger partial charge in [0.25, 0.3) is 5.56 Å². The lowest BCUT2D eigenvalue weighted by molar-refractivity contribution is 0.270. The minimum atomic E-state index is -4.23. The number of para-hydroxylation sites is 1. The third kappa shape index (κ3) is 3.27. The maximum Gasteiger partial charge on any atom is 0.357 e. The van der Waals surface area contributed by atoms with E-state index in [1.807, 2.05) is 13.0 Å². The predicted octanol–water partition coefficient (Wildman–Crippen LogP) is 3.19. The van der Waals surface area contributed by atoms with Crippen LogP contribution in [0.4, 0.5) is 0 Å². The molecule has 0 atom stereocenters. The van der Waals surface area contributed by atoms with Gasteiger partial charge in [0.2, 0.25) is 0 Å². The van der Waals surface area contributed by atoms with Gasteiger partial charge in [-0.3, -0.25) is 9.08 Å². The van der Waals surface area contributed by atoms with Gasteiger partial charge in [-0.05, 0) is 31.2 Å². The van der Waals surface area contributed by atoms with E-state index < -0.39 is 15.7 Å². The number of fused-ring (bicyclic) bond motifs is 1. The molecule has 28 heavy (non-hydrogen) atoms. The maximum absolute atomic E-state index is 13.0. The number of hydrogen-bond donors (Lipinski definition) is 0. The second-order valence-electron chi connectivity index (χ2n) is 6.26. The van der Waals surface area contributed by atoms with Gasteiger partial charge in [0, 0.05) is 5.56 Å². The van der Waals surface area contributed by atoms with Gasteiger partial charge in [-0.2, -0.15) is 8.42 Å². The molecule has 3 aromatic carbocycles. The molecule has 1 heterocycles. The zero-order valence-electron chi connectivity index (χ0n) is 14.9. The SMILES string of the molecule is Cc1ccc(S(=O)(=O)On2c(-c3ccccc3)nc3ccccc3c2=O)cc1. The molecule has 7 heteroatoms. The summed E-state index contributed by atoms with van der Waals surface area (Å²) in [7, 11) is -4.23. The van der Waals surface area contributed by atoms with E-state index >= 15 is 0 Å². The van der Waals surface area contributed by atoms with Crippen molar-refractivity contribution in [3.8, 4) is 11.4 Å². The normalized spacial score (nSPS) is 11.5. The molecule has 0 unspecified atom stereocenters. The van der Waals surface area contributed by atoms with E-state index in [1.54, 1.807) is 60.7 Å². The number of benzene rings is 3. The zero-order chi connectivity index (χ0) is 19.7. The molecular formula is C21H16N2O4S. The van der Waals surface area contributed by atoms with Crippen LogP contribution in [0.25, 0.3) is 22.3 Å². The average Bonchev–Trinajstić information content (AvgIpc) is 2.71. The van der Waals surface area contributed by atoms with Crippen LogP contribution >= 0.6 is 0 Å². The molecule has 0 N–H and O–H groups in total. The van der Waals surface area contributed by atoms with Gasteiger partial charge in [0.15, 0.2) is 5.82 Å². The van der Waals surface area contributed by atoms with Gasteiger partial charge in [-0.15, -0.1) is 4.73 Å². The van der Waals surface area contributed by atoms with E-state index in [2.05, 4.69) is 4.98 Å². The maximum atomic E-state index is 13.0. The van der Waals surface area contributed by atoms with Crippen LogP contribution in [0.2, 0.25) is 0 Å². The summed E-state index contributed by atoms with van der Waals surface area (Å²) in [6, 6.07) is 21.7. The van der Waals surface area contributed by atoms with Gasteiger partial charge < -0.3 is 0 Å². The van der Waals surface area contributed by atoms with Crippen molar-refractivity contribution in [1.29, 1.82) is 0 Å². The van der Waals surface area contributed by atoms with Crippen molar-refractivity contribution < 1.29 is 12.7 Å². The number of aryl methyl sites for hydroxylation is 1. The molecule has 1 aromatic heterocycles. The first-order valence-electron chi connectivity index (χ1n) is 8.54. The second kappa shape index (κ2) is 6.94. The lowest BCUT2D eigenvalue weighted by Crippen LogP contribution is -2.33. The van der Waals surface area contributed by atoms with Crippen molar-refractivity contribution >= 4 is 21.0 Å². The molecule has 140 valence electrons. The van der Waals surface area contributed by atoms with Crippen LogP contribution in [0.1, 0.15) is 5.56 Å². The lowest BCUT2D eigenvalue weighted by atomic mass is 10.2. The number of hydrogen-bond acceptors (Lipinski definition) is 5. The Hall–Kier alpha value is -3.45. The smallest absolute Gasteiger partial charge is 0.279 e. The van der Waals surface area contributed by atoms with Crippen molar-refractivity contribution in [3.05, 3.63) is 94.8 Å². The van der Waals surface area contributed by atoms with E-state index in [-0.39, 0.29) is 16.1 Å². The molecule has 0 aliphatic carbocycles. The highest BCUT2D eigenvalue weighted by atomic mass is 32.2. The van der Waals surface area contributed by atoms with Crippen LogP contribution in [0.3, 0.4) is 0 Å². The van der Waals surface area contributed by atoms with Gasteiger partial charge in [0.05, 0.1) is 10.9 Å². The molecule has 0 bridgehead atoms. The molecular weight excluding hydrogens is 376 g/mol. The third-order valence-corrected chi connectivity index (χ3v) is 5.45. The summed E-state index contributed by atoms with van der Waals surface area (Å²) in [5, 5.41) is 0.265. The van der Waals surface area contributed by atoms with Crippen LogP contribution in [-0.2, 0) is 10.1 Å². The van der Waals surface area contributed by atoms with E-state index in [0.717, 1.165) is 10.3 Å². The molecule has 0 saturated carbocycles. The second-order valence-corrected chi connectivity index (χ2v) is 7.79. The number of rotatable bonds is 4. The molecule has 6 nitrogen and oxygen atoms in total. The van der Waals surface area contributed by atoms with Crippen LogP contribution in [-0.4, -0.2) is 18.1 Å². The van der Waals surface area contributed by atoms with E-state index in [1.165, 1.54) is 12.1 Å². The Balaban J connectivity index is 1.93. The Morgan fingerprint density at radius 3 is 2.21 bits per heavy atom. The fourth-order valence-corrected chi connectivity index (χ4v) is 3.69. The lowest BCUT2D eigenvalue weighted by Gasteiger charge is -2.14. The van der Waals surface area contributed by atoms with Crippen molar-refractivity contribution in [2.75, 3.05) is 0 Å². The number of nitrogens with zero attached hydrogens (tertiary/aromatic N) is 2. The predicted molar refractivity (Wildman–Crippen MR) is 106 cm³/mol. The Labute approximate surface area is 161 Å². The van der Waals surface area contributed by atoms with E-state index in [9.17, 15) is 13.2 Å². The average molecular weight is 392 g/mol. The van der Waals surface area contributed by atoms with Gasteiger partial charge >= 0.3 is 10.1 Å². The standard InChI is InChI=1S/C21H16N2O4S/c1-15-11-13-17(14-12-15)28(25,26)27-23-20(16-7-3-2-4-8-16)22-19-10-6-5-9-18(19)21(23)24/h2-14H,1H3. The molecule has 4 rings (SSSR count). The first kappa shape index (κ1) is 17.9. The molecule has 0 aliphatic rings. The Bertz CT molecular complexity index is 1310. The first-order chi connectivity index (χ1) is 13.5. The fraction of sp³-hybridized carbons (Fsp3) is 0.0476. The monoisotopic (exact) mass is 392 g/mol. The van der Waals surface area contributed by atoms with Gasteiger partial charge in [0.1, 0.15) is 4.90 Å². The summed E-state index contributed by atoms with van der Waals surface area (Å²) < 4.78 is 31.6. The summed E-state index contributed by atoms with van der Waals surface area (Å²) in [5.74, 6) is 0.111. The summed E-state index contributed by atoms with van der Waals surface area (Å²) in [5.41, 5.74) is 1.33. The van der Waals surface area contributed by atoms with Crippen LogP contribution in [0.15, 0.2) is 88.6 Å². The highest BCUT2D eigenvalue weighted by Gasteiger charge is 2.22. The summed E-state index contributed by atoms with van der Waals surface area (Å²) in [6.45, 7) is 1.85. The minimum Gasteiger partial charge on any atom is -0.279 e. The van der Waals surface area contributed by atoms with Crippen LogP contribution in [0, 0.1) is 6.92 Å². The highest BCUT2D eigenvalue weighted by molar-refractivity contribution is 7.87. The zero-order valence-corrected chi connectivity index (χ0v) is 15.8. The molecule has 0 amide bonds. The van der Waals surface area contributed by atoms with Gasteiger partial charge in [-0.25, -0.2) is 4.98 Å². The topological polar surface area (TPSA) is 78.3 Å². The first-order valence-corrected chi connectivity index (χ1v) is 9.95. The van der Waals surface area contributed by atoms with Crippen molar-refractivity contribution in [3.63, 3.8) is 0 Å². The largest absolute Gasteiger partial charge is 0.357 e. The third-order valence-electron chi connectivity index (χ3n) is 4.25. The van der Waals surface area contributed by atoms with Crippen molar-refractivity contribution in [1.82, 2.24) is 9.71 Å². The summed E-state index contributed by atoms with van der Waals surface area (Å²) >= 11 is 0. The van der Waals surface area contributed by atoms with Crippen LogP contribution < -0.4 is 9.84 Å². The highest BCUT2D eigenvalue weighted by Crippen LogP contribution is 2.19. The Morgan fingerprint density at radius 1 is 0.857 bits per heavy atom. The fourth-order valence-electron chi connectivity index (χ4n) is 2.80. The molecule has 0 aliphatic heterocycles. The Kier molecular flexibility index (Phi) is 4.44. The number of aromatic nitrogens is 2. The molecule has 0 saturated heterocycles. The van der Waals surface area contributed by atoms with Gasteiger partial charge in [-0.1, -0.05) is 60.2 Å². The summed E-state index contributed by atoms with van der Waals surface area (Å²) in [4.78, 5) is 17.4. The Morgan fingerprint density at radius 2 is 1.50 bits per heavy atom. The molecule has 0 radical (unpaired) electrons.